The van der Waals surface area contributed by atoms with Gasteiger partial charge in [0.05, 0.1) is 29.6 Å². The predicted octanol–water partition coefficient (Wildman–Crippen LogP) is 5.10. The van der Waals surface area contributed by atoms with Crippen molar-refractivity contribution in [1.29, 1.82) is 0 Å². The fourth-order valence-electron chi connectivity index (χ4n) is 4.57. The minimum absolute atomic E-state index is 0.0558. The van der Waals surface area contributed by atoms with Crippen molar-refractivity contribution >= 4 is 46.1 Å². The van der Waals surface area contributed by atoms with E-state index in [9.17, 15) is 14.4 Å². The average molecular weight is 527 g/mol. The van der Waals surface area contributed by atoms with Crippen LogP contribution in [0.1, 0.15) is 41.8 Å². The fourth-order valence-corrected chi connectivity index (χ4v) is 4.57. The third-order valence-electron chi connectivity index (χ3n) is 6.93. The predicted molar refractivity (Wildman–Crippen MR) is 156 cm³/mol. The summed E-state index contributed by atoms with van der Waals surface area (Å²) < 4.78 is 4.82. The van der Waals surface area contributed by atoms with Crippen LogP contribution < -0.4 is 15.5 Å². The maximum Gasteiger partial charge on any atom is 0.337 e. The summed E-state index contributed by atoms with van der Waals surface area (Å²) >= 11 is 0. The van der Waals surface area contributed by atoms with Crippen LogP contribution in [0.4, 0.5) is 17.1 Å². The Balaban J connectivity index is 1.62. The van der Waals surface area contributed by atoms with Crippen LogP contribution in [0.2, 0.25) is 0 Å². The SMILES string of the molecule is CCN(CC)CCC(=O)N(C)c1ccc(N/C(=C2\C(=O)Nc3cc(C(=O)OC)ccc32)c2ccccc2)cc1. The van der Waals surface area contributed by atoms with Crippen LogP contribution in [0.3, 0.4) is 0 Å². The second kappa shape index (κ2) is 12.4. The number of nitrogens with one attached hydrogen (secondary N) is 2. The number of methoxy groups -OCH3 is 1. The third-order valence-corrected chi connectivity index (χ3v) is 6.93. The molecule has 39 heavy (non-hydrogen) atoms. The molecule has 0 bridgehead atoms. The Hall–Kier alpha value is -4.43. The summed E-state index contributed by atoms with van der Waals surface area (Å²) in [6.07, 6.45) is 0.453. The molecule has 2 N–H and O–H groups in total. The van der Waals surface area contributed by atoms with Gasteiger partial charge in [-0.2, -0.15) is 0 Å². The van der Waals surface area contributed by atoms with E-state index in [0.29, 0.717) is 34.5 Å². The lowest BCUT2D eigenvalue weighted by Crippen LogP contribution is -2.32. The van der Waals surface area contributed by atoms with Gasteiger partial charge in [0.2, 0.25) is 5.91 Å². The number of rotatable bonds is 10. The summed E-state index contributed by atoms with van der Waals surface area (Å²) in [5.74, 6) is -0.684. The molecule has 0 spiro atoms. The number of amides is 2. The topological polar surface area (TPSA) is 91.0 Å². The van der Waals surface area contributed by atoms with Crippen molar-refractivity contribution in [3.05, 3.63) is 89.5 Å². The third kappa shape index (κ3) is 6.18. The highest BCUT2D eigenvalue weighted by Gasteiger charge is 2.29. The largest absolute Gasteiger partial charge is 0.465 e. The lowest BCUT2D eigenvalue weighted by molar-refractivity contribution is -0.118. The molecular formula is C31H34N4O4. The molecule has 3 aromatic carbocycles. The molecular weight excluding hydrogens is 492 g/mol. The van der Waals surface area contributed by atoms with Crippen LogP contribution in [0.15, 0.2) is 72.8 Å². The van der Waals surface area contributed by atoms with Gasteiger partial charge in [-0.25, -0.2) is 4.79 Å². The van der Waals surface area contributed by atoms with Crippen molar-refractivity contribution in [1.82, 2.24) is 4.90 Å². The monoisotopic (exact) mass is 526 g/mol. The first kappa shape index (κ1) is 27.6. The van der Waals surface area contributed by atoms with Crippen LogP contribution in [0.5, 0.6) is 0 Å². The van der Waals surface area contributed by atoms with Gasteiger partial charge in [-0.15, -0.1) is 0 Å². The normalized spacial score (nSPS) is 13.5. The van der Waals surface area contributed by atoms with Crippen molar-refractivity contribution in [3.8, 4) is 0 Å². The Labute approximate surface area is 229 Å². The summed E-state index contributed by atoms with van der Waals surface area (Å²) in [6.45, 7) is 6.75. The molecule has 1 heterocycles. The molecule has 0 fully saturated rings. The number of nitrogens with zero attached hydrogens (tertiary/aromatic N) is 2. The quantitative estimate of drug-likeness (QED) is 0.282. The number of carbonyl (C=O) groups excluding carboxylic acids is 3. The van der Waals surface area contributed by atoms with Gasteiger partial charge in [0, 0.05) is 37.0 Å². The molecule has 1 aliphatic rings. The average Bonchev–Trinajstić information content (AvgIpc) is 3.30. The minimum Gasteiger partial charge on any atom is -0.465 e. The number of anilines is 3. The molecule has 1 aliphatic heterocycles. The number of fused-ring (bicyclic) bond motifs is 1. The van der Waals surface area contributed by atoms with Crippen molar-refractivity contribution in [2.24, 2.45) is 0 Å². The Morgan fingerprint density at radius 3 is 2.26 bits per heavy atom. The summed E-state index contributed by atoms with van der Waals surface area (Å²) in [4.78, 5) is 41.8. The van der Waals surface area contributed by atoms with E-state index < -0.39 is 5.97 Å². The maximum atomic E-state index is 13.2. The summed E-state index contributed by atoms with van der Waals surface area (Å²) in [5.41, 5.74) is 5.09. The highest BCUT2D eigenvalue weighted by Crippen LogP contribution is 2.38. The van der Waals surface area contributed by atoms with E-state index in [2.05, 4.69) is 29.4 Å². The summed E-state index contributed by atoms with van der Waals surface area (Å²) in [5, 5.41) is 6.30. The van der Waals surface area contributed by atoms with Gasteiger partial charge in [-0.1, -0.05) is 50.2 Å². The first-order valence-corrected chi connectivity index (χ1v) is 13.1. The Bertz CT molecular complexity index is 1380. The molecule has 0 saturated carbocycles. The molecule has 202 valence electrons. The van der Waals surface area contributed by atoms with Gasteiger partial charge in [-0.05, 0) is 55.1 Å². The van der Waals surface area contributed by atoms with Crippen LogP contribution in [0, 0.1) is 0 Å². The van der Waals surface area contributed by atoms with Gasteiger partial charge in [0.25, 0.3) is 5.91 Å². The Kier molecular flexibility index (Phi) is 8.78. The first-order valence-electron chi connectivity index (χ1n) is 13.1. The van der Waals surface area contributed by atoms with E-state index in [0.717, 1.165) is 36.6 Å². The Morgan fingerprint density at radius 2 is 1.62 bits per heavy atom. The van der Waals surface area contributed by atoms with Crippen LogP contribution in [-0.4, -0.2) is 56.5 Å². The zero-order valence-corrected chi connectivity index (χ0v) is 22.8. The maximum absolute atomic E-state index is 13.2. The van der Waals surface area contributed by atoms with E-state index >= 15 is 0 Å². The highest BCUT2D eigenvalue weighted by molar-refractivity contribution is 6.37. The lowest BCUT2D eigenvalue weighted by Gasteiger charge is -2.22. The highest BCUT2D eigenvalue weighted by atomic mass is 16.5. The van der Waals surface area contributed by atoms with Gasteiger partial charge in [0.15, 0.2) is 0 Å². The fraction of sp³-hybridized carbons (Fsp3) is 0.258. The van der Waals surface area contributed by atoms with E-state index in [1.807, 2.05) is 54.6 Å². The molecule has 0 atom stereocenters. The number of hydrogen-bond acceptors (Lipinski definition) is 6. The number of carbonyl (C=O) groups is 3. The van der Waals surface area contributed by atoms with Crippen LogP contribution in [-0.2, 0) is 14.3 Å². The van der Waals surface area contributed by atoms with E-state index in [-0.39, 0.29) is 11.8 Å². The number of benzene rings is 3. The van der Waals surface area contributed by atoms with Crippen LogP contribution in [0.25, 0.3) is 11.3 Å². The molecule has 8 heteroatoms. The standard InChI is InChI=1S/C31H34N4O4/c1-5-35(6-2)19-18-27(36)34(3)24-15-13-23(14-16-24)32-29(21-10-8-7-9-11-21)28-25-17-12-22(31(38)39-4)20-26(25)33-30(28)37/h7-17,20,32H,5-6,18-19H2,1-4H3,(H,33,37)/b29-28-. The minimum atomic E-state index is -0.470. The molecule has 0 aromatic heterocycles. The van der Waals surface area contributed by atoms with E-state index in [1.54, 1.807) is 30.1 Å². The van der Waals surface area contributed by atoms with E-state index in [4.69, 9.17) is 4.74 Å². The zero-order chi connectivity index (χ0) is 27.9. The summed E-state index contributed by atoms with van der Waals surface area (Å²) in [6, 6.07) is 22.2. The van der Waals surface area contributed by atoms with Crippen molar-refractivity contribution in [2.45, 2.75) is 20.3 Å². The van der Waals surface area contributed by atoms with Crippen molar-refractivity contribution < 1.29 is 19.1 Å². The Morgan fingerprint density at radius 1 is 0.923 bits per heavy atom. The molecule has 0 unspecified atom stereocenters. The zero-order valence-electron chi connectivity index (χ0n) is 22.8. The summed E-state index contributed by atoms with van der Waals surface area (Å²) in [7, 11) is 3.11. The number of ether oxygens (including phenoxy) is 1. The molecule has 0 aliphatic carbocycles. The molecule has 2 amide bonds. The molecule has 3 aromatic rings. The number of hydrogen-bond donors (Lipinski definition) is 2. The molecule has 0 radical (unpaired) electrons. The van der Waals surface area contributed by atoms with Crippen LogP contribution >= 0.6 is 0 Å². The molecule has 4 rings (SSSR count). The second-order valence-corrected chi connectivity index (χ2v) is 9.22. The van der Waals surface area contributed by atoms with Crippen molar-refractivity contribution in [3.63, 3.8) is 0 Å². The lowest BCUT2D eigenvalue weighted by atomic mass is 9.99. The van der Waals surface area contributed by atoms with Gasteiger partial charge in [-0.3, -0.25) is 9.59 Å². The second-order valence-electron chi connectivity index (χ2n) is 9.22. The van der Waals surface area contributed by atoms with E-state index in [1.165, 1.54) is 7.11 Å². The number of esters is 1. The van der Waals surface area contributed by atoms with Gasteiger partial charge < -0.3 is 25.2 Å². The van der Waals surface area contributed by atoms with Gasteiger partial charge in [0.1, 0.15) is 0 Å². The smallest absolute Gasteiger partial charge is 0.337 e. The van der Waals surface area contributed by atoms with Crippen molar-refractivity contribution in [2.75, 3.05) is 49.3 Å². The first-order chi connectivity index (χ1) is 18.9. The van der Waals surface area contributed by atoms with Gasteiger partial charge >= 0.3 is 5.97 Å². The molecule has 0 saturated heterocycles. The molecule has 8 nitrogen and oxygen atoms in total.